The molecule has 0 unspecified atom stereocenters. The van der Waals surface area contributed by atoms with Crippen molar-refractivity contribution in [2.24, 2.45) is 0 Å². The summed E-state index contributed by atoms with van der Waals surface area (Å²) >= 11 is 0. The first-order valence-electron chi connectivity index (χ1n) is 5.53. The number of likely N-dealkylation sites (N-methyl/N-ethyl adjacent to an activating group) is 1. The van der Waals surface area contributed by atoms with E-state index in [1.807, 2.05) is 17.9 Å². The number of hydrogen-bond acceptors (Lipinski definition) is 3. The van der Waals surface area contributed by atoms with Crippen molar-refractivity contribution in [3.8, 4) is 0 Å². The van der Waals surface area contributed by atoms with Crippen LogP contribution in [0.25, 0.3) is 0 Å². The van der Waals surface area contributed by atoms with Gasteiger partial charge in [-0.15, -0.1) is 0 Å². The summed E-state index contributed by atoms with van der Waals surface area (Å²) in [5.74, 6) is 0. The Hall–Kier alpha value is -0.870. The van der Waals surface area contributed by atoms with E-state index in [2.05, 4.69) is 35.6 Å². The first kappa shape index (κ1) is 12.2. The molecule has 0 fully saturated rings. The molecule has 0 spiro atoms. The van der Waals surface area contributed by atoms with Crippen molar-refractivity contribution in [3.63, 3.8) is 0 Å². The van der Waals surface area contributed by atoms with Gasteiger partial charge in [-0.05, 0) is 46.1 Å². The molecule has 0 aliphatic rings. The van der Waals surface area contributed by atoms with Crippen molar-refractivity contribution in [2.75, 3.05) is 34.2 Å². The summed E-state index contributed by atoms with van der Waals surface area (Å²) in [4.78, 5) is 2.17. The van der Waals surface area contributed by atoms with Crippen molar-refractivity contribution >= 4 is 0 Å². The molecule has 86 valence electrons. The lowest BCUT2D eigenvalue weighted by molar-refractivity contribution is 0.373. The van der Waals surface area contributed by atoms with Gasteiger partial charge in [-0.25, -0.2) is 0 Å². The van der Waals surface area contributed by atoms with Crippen LogP contribution in [0.3, 0.4) is 0 Å². The zero-order valence-corrected chi connectivity index (χ0v) is 10.0. The molecule has 0 aliphatic carbocycles. The fraction of sp³-hybridized carbons (Fsp3) is 0.727. The van der Waals surface area contributed by atoms with Gasteiger partial charge in [0.15, 0.2) is 0 Å². The normalized spacial score (nSPS) is 11.2. The second-order valence-corrected chi connectivity index (χ2v) is 4.12. The highest BCUT2D eigenvalue weighted by molar-refractivity contribution is 5.03. The Morgan fingerprint density at radius 3 is 2.93 bits per heavy atom. The molecule has 0 radical (unpaired) electrons. The van der Waals surface area contributed by atoms with Gasteiger partial charge < -0.3 is 10.2 Å². The Kier molecular flexibility index (Phi) is 5.36. The van der Waals surface area contributed by atoms with E-state index in [1.165, 1.54) is 12.0 Å². The van der Waals surface area contributed by atoms with E-state index in [0.29, 0.717) is 0 Å². The van der Waals surface area contributed by atoms with E-state index in [9.17, 15) is 0 Å². The minimum absolute atomic E-state index is 0.971. The van der Waals surface area contributed by atoms with Crippen LogP contribution in [0.15, 0.2) is 12.4 Å². The molecule has 4 heteroatoms. The maximum Gasteiger partial charge on any atom is 0.0536 e. The molecule has 0 atom stereocenters. The first-order chi connectivity index (χ1) is 7.22. The summed E-state index contributed by atoms with van der Waals surface area (Å²) in [6.45, 7) is 3.08. The molecular weight excluding hydrogens is 188 g/mol. The second-order valence-electron chi connectivity index (χ2n) is 4.12. The van der Waals surface area contributed by atoms with E-state index < -0.39 is 0 Å². The van der Waals surface area contributed by atoms with Gasteiger partial charge in [-0.3, -0.25) is 4.68 Å². The average molecular weight is 210 g/mol. The Morgan fingerprint density at radius 1 is 1.47 bits per heavy atom. The molecule has 0 saturated heterocycles. The smallest absolute Gasteiger partial charge is 0.0536 e. The lowest BCUT2D eigenvalue weighted by Gasteiger charge is -2.08. The monoisotopic (exact) mass is 210 g/mol. The number of aromatic nitrogens is 2. The Labute approximate surface area is 92.3 Å². The van der Waals surface area contributed by atoms with Crippen molar-refractivity contribution in [2.45, 2.75) is 19.4 Å². The summed E-state index contributed by atoms with van der Waals surface area (Å²) in [7, 11) is 6.15. The van der Waals surface area contributed by atoms with Gasteiger partial charge >= 0.3 is 0 Å². The highest BCUT2D eigenvalue weighted by atomic mass is 15.3. The molecule has 4 nitrogen and oxygen atoms in total. The fourth-order valence-corrected chi connectivity index (χ4v) is 1.43. The summed E-state index contributed by atoms with van der Waals surface area (Å²) in [5, 5.41) is 7.49. The molecule has 0 aliphatic heterocycles. The molecule has 0 aromatic carbocycles. The van der Waals surface area contributed by atoms with Crippen molar-refractivity contribution in [3.05, 3.63) is 18.0 Å². The topological polar surface area (TPSA) is 33.1 Å². The quantitative estimate of drug-likeness (QED) is 0.669. The lowest BCUT2D eigenvalue weighted by Crippen LogP contribution is -2.18. The fourth-order valence-electron chi connectivity index (χ4n) is 1.43. The summed E-state index contributed by atoms with van der Waals surface area (Å²) in [6.07, 6.45) is 6.42. The van der Waals surface area contributed by atoms with Crippen LogP contribution in [-0.4, -0.2) is 48.9 Å². The molecule has 0 bridgehead atoms. The highest BCUT2D eigenvalue weighted by Crippen LogP contribution is 2.01. The van der Waals surface area contributed by atoms with Crippen LogP contribution in [-0.2, 0) is 13.0 Å². The predicted molar refractivity (Wildman–Crippen MR) is 63.0 cm³/mol. The maximum atomic E-state index is 4.34. The molecule has 1 rings (SSSR count). The minimum atomic E-state index is 0.971. The van der Waals surface area contributed by atoms with Gasteiger partial charge in [0.05, 0.1) is 12.7 Å². The van der Waals surface area contributed by atoms with E-state index >= 15 is 0 Å². The van der Waals surface area contributed by atoms with Gasteiger partial charge in [0.2, 0.25) is 0 Å². The van der Waals surface area contributed by atoms with Crippen LogP contribution in [0, 0.1) is 0 Å². The first-order valence-corrected chi connectivity index (χ1v) is 5.53. The third-order valence-electron chi connectivity index (χ3n) is 2.36. The molecule has 1 aromatic heterocycles. The van der Waals surface area contributed by atoms with E-state index in [0.717, 1.165) is 26.1 Å². The van der Waals surface area contributed by atoms with Gasteiger partial charge in [-0.1, -0.05) is 0 Å². The molecule has 0 saturated carbocycles. The zero-order chi connectivity index (χ0) is 11.1. The Balaban J connectivity index is 2.29. The van der Waals surface area contributed by atoms with E-state index in [1.54, 1.807) is 0 Å². The van der Waals surface area contributed by atoms with Crippen LogP contribution in [0.2, 0.25) is 0 Å². The zero-order valence-electron chi connectivity index (χ0n) is 10.0. The number of rotatable bonds is 7. The van der Waals surface area contributed by atoms with Crippen LogP contribution < -0.4 is 5.32 Å². The second kappa shape index (κ2) is 6.58. The average Bonchev–Trinajstić information content (AvgIpc) is 2.63. The van der Waals surface area contributed by atoms with Gasteiger partial charge in [0.25, 0.3) is 0 Å². The predicted octanol–water partition coefficient (Wildman–Crippen LogP) is 0.597. The SMILES string of the molecule is CNCCCc1cnn(CCN(C)C)c1. The van der Waals surface area contributed by atoms with Gasteiger partial charge in [0, 0.05) is 12.7 Å². The van der Waals surface area contributed by atoms with Gasteiger partial charge in [-0.2, -0.15) is 5.10 Å². The highest BCUT2D eigenvalue weighted by Gasteiger charge is 1.98. The van der Waals surface area contributed by atoms with Crippen LogP contribution in [0.1, 0.15) is 12.0 Å². The summed E-state index contributed by atoms with van der Waals surface area (Å²) in [5.41, 5.74) is 1.34. The summed E-state index contributed by atoms with van der Waals surface area (Å²) < 4.78 is 2.02. The van der Waals surface area contributed by atoms with Crippen molar-refractivity contribution in [1.29, 1.82) is 0 Å². The number of hydrogen-bond donors (Lipinski definition) is 1. The molecule has 1 aromatic rings. The number of nitrogens with one attached hydrogen (secondary N) is 1. The molecular formula is C11H22N4. The van der Waals surface area contributed by atoms with Crippen molar-refractivity contribution < 1.29 is 0 Å². The lowest BCUT2D eigenvalue weighted by atomic mass is 10.2. The number of nitrogens with zero attached hydrogens (tertiary/aromatic N) is 3. The van der Waals surface area contributed by atoms with Crippen LogP contribution in [0.4, 0.5) is 0 Å². The van der Waals surface area contributed by atoms with Crippen molar-refractivity contribution in [1.82, 2.24) is 20.0 Å². The molecule has 1 N–H and O–H groups in total. The summed E-state index contributed by atoms with van der Waals surface area (Å²) in [6, 6.07) is 0. The largest absolute Gasteiger partial charge is 0.320 e. The Bertz CT molecular complexity index is 267. The maximum absolute atomic E-state index is 4.34. The number of aryl methyl sites for hydroxylation is 1. The van der Waals surface area contributed by atoms with E-state index in [-0.39, 0.29) is 0 Å². The standard InChI is InChI=1S/C11H22N4/c1-12-6-4-5-11-9-13-15(10-11)8-7-14(2)3/h9-10,12H,4-8H2,1-3H3. The third kappa shape index (κ3) is 4.95. The Morgan fingerprint density at radius 2 is 2.27 bits per heavy atom. The molecule has 15 heavy (non-hydrogen) atoms. The minimum Gasteiger partial charge on any atom is -0.320 e. The van der Waals surface area contributed by atoms with Crippen LogP contribution >= 0.6 is 0 Å². The third-order valence-corrected chi connectivity index (χ3v) is 2.36. The van der Waals surface area contributed by atoms with Gasteiger partial charge in [0.1, 0.15) is 0 Å². The van der Waals surface area contributed by atoms with E-state index in [4.69, 9.17) is 0 Å². The molecule has 0 amide bonds. The van der Waals surface area contributed by atoms with Crippen LogP contribution in [0.5, 0.6) is 0 Å². The molecule has 1 heterocycles.